The van der Waals surface area contributed by atoms with Crippen molar-refractivity contribution < 1.29 is 9.84 Å². The second-order valence-corrected chi connectivity index (χ2v) is 8.00. The lowest BCUT2D eigenvalue weighted by molar-refractivity contribution is -0.0493. The van der Waals surface area contributed by atoms with E-state index in [9.17, 15) is 5.11 Å². The molecule has 2 heteroatoms. The molecule has 5 atom stereocenters. The van der Waals surface area contributed by atoms with Gasteiger partial charge >= 0.3 is 0 Å². The summed E-state index contributed by atoms with van der Waals surface area (Å²) < 4.78 is 5.76. The molecule has 2 rings (SSSR count). The summed E-state index contributed by atoms with van der Waals surface area (Å²) in [6, 6.07) is 0. The Kier molecular flexibility index (Phi) is 5.06. The molecule has 0 aromatic carbocycles. The van der Waals surface area contributed by atoms with Gasteiger partial charge in [-0.15, -0.1) is 5.92 Å². The molecule has 1 N–H and O–H groups in total. The maximum atomic E-state index is 9.71. The van der Waals surface area contributed by atoms with Crippen molar-refractivity contribution >= 4 is 0 Å². The van der Waals surface area contributed by atoms with Crippen LogP contribution >= 0.6 is 0 Å². The van der Waals surface area contributed by atoms with Gasteiger partial charge in [-0.1, -0.05) is 26.2 Å². The number of rotatable bonds is 3. The second-order valence-electron chi connectivity index (χ2n) is 8.00. The summed E-state index contributed by atoms with van der Waals surface area (Å²) in [5, 5.41) is 9.71. The fraction of sp³-hybridized carbons (Fsp3) is 0.895. The molecular weight excluding hydrogens is 260 g/mol. The van der Waals surface area contributed by atoms with Gasteiger partial charge in [0, 0.05) is 13.5 Å². The Morgan fingerprint density at radius 2 is 2.05 bits per heavy atom. The molecule has 120 valence electrons. The zero-order valence-electron chi connectivity index (χ0n) is 14.4. The van der Waals surface area contributed by atoms with Crippen LogP contribution in [-0.2, 0) is 4.74 Å². The summed E-state index contributed by atoms with van der Waals surface area (Å²) in [4.78, 5) is 0. The van der Waals surface area contributed by atoms with Crippen molar-refractivity contribution in [3.8, 4) is 11.8 Å². The van der Waals surface area contributed by atoms with Crippen LogP contribution in [0.2, 0.25) is 0 Å². The molecule has 0 bridgehead atoms. The average Bonchev–Trinajstić information content (AvgIpc) is 2.73. The van der Waals surface area contributed by atoms with Crippen LogP contribution in [0.4, 0.5) is 0 Å². The van der Waals surface area contributed by atoms with E-state index in [-0.39, 0.29) is 0 Å². The topological polar surface area (TPSA) is 29.5 Å². The van der Waals surface area contributed by atoms with Gasteiger partial charge < -0.3 is 9.84 Å². The molecule has 2 fully saturated rings. The lowest BCUT2D eigenvalue weighted by atomic mass is 9.61. The van der Waals surface area contributed by atoms with E-state index in [1.54, 1.807) is 13.8 Å². The van der Waals surface area contributed by atoms with E-state index in [0.717, 1.165) is 18.3 Å². The monoisotopic (exact) mass is 292 g/mol. The molecule has 0 aromatic heterocycles. The SMILES string of the molecule is COC1CCC[C@]2(C)C(C(C)CC#CC(C)(C)O)CCC12. The lowest BCUT2D eigenvalue weighted by Gasteiger charge is -2.46. The van der Waals surface area contributed by atoms with Gasteiger partial charge in [0.1, 0.15) is 5.60 Å². The molecule has 0 aliphatic heterocycles. The van der Waals surface area contributed by atoms with Gasteiger partial charge in [-0.2, -0.15) is 0 Å². The third-order valence-corrected chi connectivity index (χ3v) is 5.94. The highest BCUT2D eigenvalue weighted by Crippen LogP contribution is 2.58. The molecule has 0 aromatic rings. The first kappa shape index (κ1) is 16.8. The van der Waals surface area contributed by atoms with Crippen molar-refractivity contribution in [3.63, 3.8) is 0 Å². The molecule has 2 saturated carbocycles. The number of hydrogen-bond donors (Lipinski definition) is 1. The molecule has 2 aliphatic carbocycles. The largest absolute Gasteiger partial charge is 0.381 e. The third-order valence-electron chi connectivity index (χ3n) is 5.94. The fourth-order valence-corrected chi connectivity index (χ4v) is 4.95. The highest BCUT2D eigenvalue weighted by Gasteiger charge is 2.52. The Bertz CT molecular complexity index is 412. The minimum Gasteiger partial charge on any atom is -0.381 e. The number of ether oxygens (including phenoxy) is 1. The van der Waals surface area contributed by atoms with Crippen molar-refractivity contribution in [2.75, 3.05) is 7.11 Å². The van der Waals surface area contributed by atoms with Crippen LogP contribution in [0, 0.1) is 35.0 Å². The molecule has 0 heterocycles. The van der Waals surface area contributed by atoms with Crippen molar-refractivity contribution in [1.82, 2.24) is 0 Å². The van der Waals surface area contributed by atoms with Gasteiger partial charge in [-0.05, 0) is 62.7 Å². The van der Waals surface area contributed by atoms with E-state index in [1.165, 1.54) is 32.1 Å². The molecule has 0 spiro atoms. The van der Waals surface area contributed by atoms with E-state index >= 15 is 0 Å². The van der Waals surface area contributed by atoms with Gasteiger partial charge in [-0.25, -0.2) is 0 Å². The van der Waals surface area contributed by atoms with Gasteiger partial charge in [-0.3, -0.25) is 0 Å². The maximum Gasteiger partial charge on any atom is 0.119 e. The van der Waals surface area contributed by atoms with E-state index in [2.05, 4.69) is 25.7 Å². The molecule has 0 amide bonds. The zero-order chi connectivity index (χ0) is 15.7. The molecule has 21 heavy (non-hydrogen) atoms. The van der Waals surface area contributed by atoms with Crippen LogP contribution in [0.5, 0.6) is 0 Å². The summed E-state index contributed by atoms with van der Waals surface area (Å²) in [7, 11) is 1.88. The molecule has 2 aliphatic rings. The average molecular weight is 292 g/mol. The van der Waals surface area contributed by atoms with E-state index in [0.29, 0.717) is 17.4 Å². The van der Waals surface area contributed by atoms with Crippen molar-refractivity contribution in [3.05, 3.63) is 0 Å². The van der Waals surface area contributed by atoms with Gasteiger partial charge in [0.2, 0.25) is 0 Å². The van der Waals surface area contributed by atoms with Gasteiger partial charge in [0.15, 0.2) is 0 Å². The summed E-state index contributed by atoms with van der Waals surface area (Å²) in [5.41, 5.74) is -0.442. The van der Waals surface area contributed by atoms with Gasteiger partial charge in [0.25, 0.3) is 0 Å². The highest BCUT2D eigenvalue weighted by molar-refractivity contribution is 5.11. The molecule has 2 nitrogen and oxygen atoms in total. The first-order valence-electron chi connectivity index (χ1n) is 8.53. The smallest absolute Gasteiger partial charge is 0.119 e. The van der Waals surface area contributed by atoms with Crippen molar-refractivity contribution in [2.45, 2.75) is 77.9 Å². The summed E-state index contributed by atoms with van der Waals surface area (Å²) in [6.45, 7) is 8.33. The predicted molar refractivity (Wildman–Crippen MR) is 86.8 cm³/mol. The standard InChI is InChI=1S/C19H32O2/c1-14(8-6-12-18(2,3)20)15-10-11-16-17(21-5)9-7-13-19(15,16)4/h14-17,20H,7-11,13H2,1-5H3/t14?,15?,16?,17?,19-/m1/s1. The Labute approximate surface area is 130 Å². The minimum absolute atomic E-state index is 0.425. The third kappa shape index (κ3) is 3.63. The first-order valence-corrected chi connectivity index (χ1v) is 8.53. The molecule has 0 saturated heterocycles. The number of aliphatic hydroxyl groups is 1. The van der Waals surface area contributed by atoms with Crippen LogP contribution in [0.15, 0.2) is 0 Å². The van der Waals surface area contributed by atoms with Crippen LogP contribution < -0.4 is 0 Å². The van der Waals surface area contributed by atoms with Crippen LogP contribution in [-0.4, -0.2) is 23.9 Å². The number of methoxy groups -OCH3 is 1. The fourth-order valence-electron chi connectivity index (χ4n) is 4.95. The molecule has 0 radical (unpaired) electrons. The Hall–Kier alpha value is -0.520. The quantitative estimate of drug-likeness (QED) is 0.796. The Morgan fingerprint density at radius 3 is 2.67 bits per heavy atom. The Morgan fingerprint density at radius 1 is 1.33 bits per heavy atom. The molecular formula is C19H32O2. The summed E-state index contributed by atoms with van der Waals surface area (Å²) in [6.07, 6.45) is 7.85. The highest BCUT2D eigenvalue weighted by atomic mass is 16.5. The molecule has 4 unspecified atom stereocenters. The van der Waals surface area contributed by atoms with Crippen molar-refractivity contribution in [1.29, 1.82) is 0 Å². The predicted octanol–water partition coefficient (Wildman–Crippen LogP) is 4.02. The number of hydrogen-bond acceptors (Lipinski definition) is 2. The maximum absolute atomic E-state index is 9.71. The summed E-state index contributed by atoms with van der Waals surface area (Å²) >= 11 is 0. The lowest BCUT2D eigenvalue weighted by Crippen LogP contribution is -2.42. The van der Waals surface area contributed by atoms with E-state index in [4.69, 9.17) is 4.74 Å². The summed E-state index contributed by atoms with van der Waals surface area (Å²) in [5.74, 6) is 8.25. The normalized spacial score (nSPS) is 37.5. The van der Waals surface area contributed by atoms with Crippen LogP contribution in [0.25, 0.3) is 0 Å². The van der Waals surface area contributed by atoms with Crippen LogP contribution in [0.3, 0.4) is 0 Å². The second kappa shape index (κ2) is 6.31. The van der Waals surface area contributed by atoms with E-state index < -0.39 is 5.60 Å². The van der Waals surface area contributed by atoms with Gasteiger partial charge in [0.05, 0.1) is 6.10 Å². The van der Waals surface area contributed by atoms with Crippen molar-refractivity contribution in [2.24, 2.45) is 23.2 Å². The minimum atomic E-state index is -0.867. The Balaban J connectivity index is 2.05. The first-order chi connectivity index (χ1) is 9.78. The zero-order valence-corrected chi connectivity index (χ0v) is 14.4. The number of fused-ring (bicyclic) bond motifs is 1. The van der Waals surface area contributed by atoms with E-state index in [1.807, 2.05) is 7.11 Å². The van der Waals surface area contributed by atoms with Crippen LogP contribution in [0.1, 0.15) is 66.2 Å².